The average Bonchev–Trinajstić information content (AvgIpc) is 3.18. The van der Waals surface area contributed by atoms with Gasteiger partial charge >= 0.3 is 0 Å². The molecule has 1 aromatic heterocycles. The summed E-state index contributed by atoms with van der Waals surface area (Å²) in [5.74, 6) is 0.294. The average molecular weight is 329 g/mol. The van der Waals surface area contributed by atoms with Gasteiger partial charge in [-0.3, -0.25) is 4.68 Å². The summed E-state index contributed by atoms with van der Waals surface area (Å²) >= 11 is 0. The van der Waals surface area contributed by atoms with Gasteiger partial charge in [0.15, 0.2) is 0 Å². The minimum absolute atomic E-state index is 0.120. The van der Waals surface area contributed by atoms with E-state index < -0.39 is 10.0 Å². The molecular formula is C14H23N3O4S. The van der Waals surface area contributed by atoms with Gasteiger partial charge in [0.1, 0.15) is 0 Å². The maximum absolute atomic E-state index is 12.6. The molecule has 0 unspecified atom stereocenters. The van der Waals surface area contributed by atoms with Gasteiger partial charge in [-0.05, 0) is 19.3 Å². The number of aromatic nitrogens is 2. The summed E-state index contributed by atoms with van der Waals surface area (Å²) in [6.45, 7) is 5.23. The maximum atomic E-state index is 12.6. The first-order chi connectivity index (χ1) is 10.6. The summed E-state index contributed by atoms with van der Waals surface area (Å²) in [5, 5.41) is 4.23. The lowest BCUT2D eigenvalue weighted by Crippen LogP contribution is -2.44. The lowest BCUT2D eigenvalue weighted by atomic mass is 10.2. The van der Waals surface area contributed by atoms with Crippen LogP contribution in [0.15, 0.2) is 12.4 Å². The molecule has 3 heterocycles. The van der Waals surface area contributed by atoms with E-state index in [1.807, 2.05) is 17.8 Å². The molecule has 7 nitrogen and oxygen atoms in total. The molecule has 2 saturated heterocycles. The lowest BCUT2D eigenvalue weighted by molar-refractivity contribution is -0.00269. The Morgan fingerprint density at radius 2 is 2.27 bits per heavy atom. The molecule has 2 atom stereocenters. The molecule has 2 fully saturated rings. The molecule has 0 amide bonds. The van der Waals surface area contributed by atoms with Crippen LogP contribution in [0.4, 0.5) is 0 Å². The third-order valence-electron chi connectivity index (χ3n) is 4.24. The molecule has 0 saturated carbocycles. The monoisotopic (exact) mass is 329 g/mol. The summed E-state index contributed by atoms with van der Waals surface area (Å²) in [6, 6.07) is 0. The van der Waals surface area contributed by atoms with Crippen molar-refractivity contribution in [2.24, 2.45) is 5.92 Å². The topological polar surface area (TPSA) is 73.7 Å². The van der Waals surface area contributed by atoms with Crippen LogP contribution in [-0.4, -0.2) is 61.2 Å². The molecule has 0 bridgehead atoms. The van der Waals surface area contributed by atoms with Gasteiger partial charge in [0.05, 0.1) is 31.3 Å². The molecule has 3 rings (SSSR count). The second kappa shape index (κ2) is 6.66. The van der Waals surface area contributed by atoms with Gasteiger partial charge in [-0.15, -0.1) is 0 Å². The Bertz CT molecular complexity index is 595. The van der Waals surface area contributed by atoms with Crippen molar-refractivity contribution in [3.63, 3.8) is 0 Å². The maximum Gasteiger partial charge on any atom is 0.214 e. The van der Waals surface area contributed by atoms with Gasteiger partial charge in [-0.2, -0.15) is 9.40 Å². The number of hydrogen-bond acceptors (Lipinski definition) is 5. The van der Waals surface area contributed by atoms with Crippen LogP contribution in [0.3, 0.4) is 0 Å². The van der Waals surface area contributed by atoms with Crippen LogP contribution in [0.5, 0.6) is 0 Å². The fourth-order valence-corrected chi connectivity index (χ4v) is 4.70. The number of rotatable bonds is 5. The molecule has 0 aromatic carbocycles. The smallest absolute Gasteiger partial charge is 0.214 e. The van der Waals surface area contributed by atoms with Gasteiger partial charge in [0.25, 0.3) is 0 Å². The summed E-state index contributed by atoms with van der Waals surface area (Å²) < 4.78 is 39.5. The molecule has 124 valence electrons. The number of aryl methyl sites for hydroxylation is 1. The fourth-order valence-electron chi connectivity index (χ4n) is 2.92. The van der Waals surface area contributed by atoms with Gasteiger partial charge in [-0.25, -0.2) is 8.42 Å². The summed E-state index contributed by atoms with van der Waals surface area (Å²) in [4.78, 5) is 0. The highest BCUT2D eigenvalue weighted by molar-refractivity contribution is 7.89. The quantitative estimate of drug-likeness (QED) is 0.793. The van der Waals surface area contributed by atoms with Crippen LogP contribution in [0.25, 0.3) is 0 Å². The van der Waals surface area contributed by atoms with Gasteiger partial charge < -0.3 is 9.47 Å². The molecule has 0 spiro atoms. The SMILES string of the molecule is CCn1cc([C@H]2CN(S(=O)(=O)C[C@@H]3CCOC3)CCO2)cn1. The molecule has 2 aliphatic heterocycles. The normalized spacial score (nSPS) is 27.3. The van der Waals surface area contributed by atoms with Crippen LogP contribution >= 0.6 is 0 Å². The van der Waals surface area contributed by atoms with Crippen molar-refractivity contribution in [2.45, 2.75) is 26.0 Å². The van der Waals surface area contributed by atoms with Gasteiger partial charge in [0, 0.05) is 38.0 Å². The Kier molecular flexibility index (Phi) is 4.82. The zero-order valence-corrected chi connectivity index (χ0v) is 13.7. The number of ether oxygens (including phenoxy) is 2. The summed E-state index contributed by atoms with van der Waals surface area (Å²) in [5.41, 5.74) is 0.936. The molecule has 8 heteroatoms. The zero-order valence-electron chi connectivity index (χ0n) is 12.8. The van der Waals surface area contributed by atoms with Crippen molar-refractivity contribution >= 4 is 10.0 Å². The first-order valence-electron chi connectivity index (χ1n) is 7.78. The van der Waals surface area contributed by atoms with Crippen molar-refractivity contribution in [1.82, 2.24) is 14.1 Å². The minimum atomic E-state index is -3.26. The highest BCUT2D eigenvalue weighted by Crippen LogP contribution is 2.25. The van der Waals surface area contributed by atoms with Crippen LogP contribution in [0, 0.1) is 5.92 Å². The predicted octanol–water partition coefficient (Wildman–Crippen LogP) is 0.643. The number of morpholine rings is 1. The molecule has 2 aliphatic rings. The lowest BCUT2D eigenvalue weighted by Gasteiger charge is -2.32. The van der Waals surface area contributed by atoms with Crippen molar-refractivity contribution in [2.75, 3.05) is 38.7 Å². The Balaban J connectivity index is 1.66. The largest absolute Gasteiger partial charge is 0.381 e. The second-order valence-corrected chi connectivity index (χ2v) is 7.87. The number of sulfonamides is 1. The van der Waals surface area contributed by atoms with E-state index in [1.54, 1.807) is 10.5 Å². The van der Waals surface area contributed by atoms with Crippen LogP contribution < -0.4 is 0 Å². The van der Waals surface area contributed by atoms with Crippen LogP contribution in [0.1, 0.15) is 25.0 Å². The number of nitrogens with zero attached hydrogens (tertiary/aromatic N) is 3. The second-order valence-electron chi connectivity index (χ2n) is 5.85. The van der Waals surface area contributed by atoms with Gasteiger partial charge in [-0.1, -0.05) is 0 Å². The third-order valence-corrected chi connectivity index (χ3v) is 6.25. The minimum Gasteiger partial charge on any atom is -0.381 e. The highest BCUT2D eigenvalue weighted by atomic mass is 32.2. The number of hydrogen-bond donors (Lipinski definition) is 0. The van der Waals surface area contributed by atoms with Crippen LogP contribution in [-0.2, 0) is 26.0 Å². The molecule has 1 aromatic rings. The van der Waals surface area contributed by atoms with E-state index in [0.29, 0.717) is 32.9 Å². The van der Waals surface area contributed by atoms with Crippen molar-refractivity contribution < 1.29 is 17.9 Å². The first kappa shape index (κ1) is 15.9. The summed E-state index contributed by atoms with van der Waals surface area (Å²) in [7, 11) is -3.26. The molecule has 0 N–H and O–H groups in total. The van der Waals surface area contributed by atoms with Gasteiger partial charge in [0.2, 0.25) is 10.0 Å². The molecule has 0 aliphatic carbocycles. The van der Waals surface area contributed by atoms with E-state index in [2.05, 4.69) is 5.10 Å². The molecule has 22 heavy (non-hydrogen) atoms. The van der Waals surface area contributed by atoms with E-state index in [-0.39, 0.29) is 17.8 Å². The Hall–Kier alpha value is -0.960. The van der Waals surface area contributed by atoms with Crippen molar-refractivity contribution in [3.8, 4) is 0 Å². The highest BCUT2D eigenvalue weighted by Gasteiger charge is 2.33. The summed E-state index contributed by atoms with van der Waals surface area (Å²) in [6.07, 6.45) is 4.28. The Labute approximate surface area is 131 Å². The van der Waals surface area contributed by atoms with Crippen LogP contribution in [0.2, 0.25) is 0 Å². The standard InChI is InChI=1S/C14H23N3O4S/c1-2-16-8-13(7-15-16)14-9-17(4-6-21-14)22(18,19)11-12-3-5-20-10-12/h7-8,12,14H,2-6,9-11H2,1H3/t12-,14-/m1/s1. The van der Waals surface area contributed by atoms with Crippen molar-refractivity contribution in [1.29, 1.82) is 0 Å². The molecule has 0 radical (unpaired) electrons. The predicted molar refractivity (Wildman–Crippen MR) is 80.9 cm³/mol. The van der Waals surface area contributed by atoms with E-state index in [1.165, 1.54) is 0 Å². The van der Waals surface area contributed by atoms with E-state index >= 15 is 0 Å². The zero-order chi connectivity index (χ0) is 15.6. The van der Waals surface area contributed by atoms with Crippen molar-refractivity contribution in [3.05, 3.63) is 18.0 Å². The van der Waals surface area contributed by atoms with E-state index in [9.17, 15) is 8.42 Å². The Morgan fingerprint density at radius 1 is 1.41 bits per heavy atom. The van der Waals surface area contributed by atoms with E-state index in [0.717, 1.165) is 18.5 Å². The first-order valence-corrected chi connectivity index (χ1v) is 9.39. The third kappa shape index (κ3) is 3.51. The fraction of sp³-hybridized carbons (Fsp3) is 0.786. The molecular weight excluding hydrogens is 306 g/mol. The Morgan fingerprint density at radius 3 is 2.95 bits per heavy atom. The van der Waals surface area contributed by atoms with E-state index in [4.69, 9.17) is 9.47 Å².